The number of primary amides is 1. The number of nitrogens with zero attached hydrogens (tertiary/aromatic N) is 3. The summed E-state index contributed by atoms with van der Waals surface area (Å²) >= 11 is 6.23. The zero-order valence-electron chi connectivity index (χ0n) is 17.9. The monoisotopic (exact) mass is 446 g/mol. The van der Waals surface area contributed by atoms with Crippen molar-refractivity contribution in [2.24, 2.45) is 5.73 Å². The summed E-state index contributed by atoms with van der Waals surface area (Å²) in [4.78, 5) is 31.7. The Balaban J connectivity index is 1.58. The molecule has 0 aliphatic carbocycles. The highest BCUT2D eigenvalue weighted by Gasteiger charge is 2.29. The molecule has 31 heavy (non-hydrogen) atoms. The Kier molecular flexibility index (Phi) is 7.35. The lowest BCUT2D eigenvalue weighted by Crippen LogP contribution is -2.54. The van der Waals surface area contributed by atoms with Crippen molar-refractivity contribution in [3.8, 4) is 11.5 Å². The number of nitrogens with two attached hydrogens (primary N) is 1. The first kappa shape index (κ1) is 22.8. The molecule has 0 radical (unpaired) electrons. The average Bonchev–Trinajstić information content (AvgIpc) is 2.70. The van der Waals surface area contributed by atoms with Crippen LogP contribution in [0.2, 0.25) is 5.02 Å². The summed E-state index contributed by atoms with van der Waals surface area (Å²) in [5.74, 6) is 0.238. The van der Waals surface area contributed by atoms with Gasteiger partial charge in [-0.05, 0) is 44.5 Å². The molecule has 2 amide bonds. The van der Waals surface area contributed by atoms with Crippen LogP contribution in [-0.4, -0.2) is 58.6 Å². The maximum Gasteiger partial charge on any atom is 0.415 e. The molecule has 1 atom stereocenters. The number of aromatic nitrogens is 1. The molecule has 1 fully saturated rings. The van der Waals surface area contributed by atoms with Crippen molar-refractivity contribution in [1.29, 1.82) is 0 Å². The van der Waals surface area contributed by atoms with E-state index in [-0.39, 0.29) is 23.5 Å². The third kappa shape index (κ3) is 6.08. The molecule has 1 aliphatic rings. The fourth-order valence-corrected chi connectivity index (χ4v) is 3.63. The van der Waals surface area contributed by atoms with E-state index in [4.69, 9.17) is 26.8 Å². The molecule has 1 unspecified atom stereocenters. The maximum atomic E-state index is 12.6. The minimum Gasteiger partial charge on any atom is -0.489 e. The standard InChI is InChI=1S/C22H27ClN4O4/c1-14(2)30-20-8-16(4-5-19(20)23)13-26-6-7-27(15(3)12-26)22(29)31-18-9-17(21(24)28)10-25-11-18/h4-5,8-11,14-15H,6-7,12-13H2,1-3H3,(H2,24,28). The third-order valence-corrected chi connectivity index (χ3v) is 5.23. The van der Waals surface area contributed by atoms with Crippen LogP contribution in [0.5, 0.6) is 11.5 Å². The van der Waals surface area contributed by atoms with Gasteiger partial charge in [0.05, 0.1) is 22.9 Å². The van der Waals surface area contributed by atoms with Gasteiger partial charge >= 0.3 is 6.09 Å². The van der Waals surface area contributed by atoms with Crippen LogP contribution in [0, 0.1) is 0 Å². The zero-order valence-corrected chi connectivity index (χ0v) is 18.6. The minimum atomic E-state index is -0.628. The van der Waals surface area contributed by atoms with Crippen LogP contribution in [-0.2, 0) is 6.54 Å². The predicted molar refractivity (Wildman–Crippen MR) is 117 cm³/mol. The van der Waals surface area contributed by atoms with Gasteiger partial charge in [0, 0.05) is 38.4 Å². The molecule has 0 saturated carbocycles. The van der Waals surface area contributed by atoms with Crippen LogP contribution in [0.25, 0.3) is 0 Å². The van der Waals surface area contributed by atoms with Crippen LogP contribution in [0.3, 0.4) is 0 Å². The van der Waals surface area contributed by atoms with Crippen molar-refractivity contribution < 1.29 is 19.1 Å². The van der Waals surface area contributed by atoms with Gasteiger partial charge in [-0.3, -0.25) is 14.7 Å². The fraction of sp³-hybridized carbons (Fsp3) is 0.409. The second kappa shape index (κ2) is 9.98. The number of carbonyl (C=O) groups excluding carboxylic acids is 2. The summed E-state index contributed by atoms with van der Waals surface area (Å²) in [6, 6.07) is 7.16. The molecular weight excluding hydrogens is 420 g/mol. The molecule has 166 valence electrons. The molecule has 0 bridgehead atoms. The van der Waals surface area contributed by atoms with Gasteiger partial charge in [0.25, 0.3) is 0 Å². The van der Waals surface area contributed by atoms with E-state index in [1.54, 1.807) is 4.90 Å². The van der Waals surface area contributed by atoms with Gasteiger partial charge < -0.3 is 20.1 Å². The number of hydrogen-bond acceptors (Lipinski definition) is 6. The van der Waals surface area contributed by atoms with Gasteiger partial charge in [-0.15, -0.1) is 0 Å². The molecule has 1 aliphatic heterocycles. The number of ether oxygens (including phenoxy) is 2. The predicted octanol–water partition coefficient (Wildman–Crippen LogP) is 3.33. The number of rotatable bonds is 6. The Bertz CT molecular complexity index is 953. The van der Waals surface area contributed by atoms with Gasteiger partial charge in [0.1, 0.15) is 5.75 Å². The lowest BCUT2D eigenvalue weighted by Gasteiger charge is -2.39. The van der Waals surface area contributed by atoms with Crippen LogP contribution < -0.4 is 15.2 Å². The Hall–Kier alpha value is -2.84. The van der Waals surface area contributed by atoms with Crippen molar-refractivity contribution in [3.63, 3.8) is 0 Å². The van der Waals surface area contributed by atoms with Crippen LogP contribution in [0.15, 0.2) is 36.7 Å². The number of pyridine rings is 1. The van der Waals surface area contributed by atoms with E-state index in [2.05, 4.69) is 9.88 Å². The summed E-state index contributed by atoms with van der Waals surface area (Å²) in [5, 5.41) is 0.591. The highest BCUT2D eigenvalue weighted by molar-refractivity contribution is 6.32. The summed E-state index contributed by atoms with van der Waals surface area (Å²) in [6.45, 7) is 8.53. The summed E-state index contributed by atoms with van der Waals surface area (Å²) in [7, 11) is 0. The Morgan fingerprint density at radius 1 is 1.26 bits per heavy atom. The normalized spacial score (nSPS) is 16.9. The Morgan fingerprint density at radius 2 is 2.03 bits per heavy atom. The summed E-state index contributed by atoms with van der Waals surface area (Å²) < 4.78 is 11.2. The number of piperazine rings is 1. The van der Waals surface area contributed by atoms with Crippen LogP contribution >= 0.6 is 11.6 Å². The van der Waals surface area contributed by atoms with Crippen LogP contribution in [0.1, 0.15) is 36.7 Å². The van der Waals surface area contributed by atoms with E-state index in [9.17, 15) is 9.59 Å². The second-order valence-electron chi connectivity index (χ2n) is 7.85. The highest BCUT2D eigenvalue weighted by Crippen LogP contribution is 2.27. The van der Waals surface area contributed by atoms with Gasteiger partial charge in [0.2, 0.25) is 5.91 Å². The van der Waals surface area contributed by atoms with E-state index < -0.39 is 12.0 Å². The number of benzene rings is 1. The van der Waals surface area contributed by atoms with Crippen molar-refractivity contribution in [2.75, 3.05) is 19.6 Å². The quantitative estimate of drug-likeness (QED) is 0.730. The van der Waals surface area contributed by atoms with E-state index in [1.165, 1.54) is 18.5 Å². The molecule has 2 N–H and O–H groups in total. The summed E-state index contributed by atoms with van der Waals surface area (Å²) in [6.07, 6.45) is 2.27. The Morgan fingerprint density at radius 3 is 2.71 bits per heavy atom. The zero-order chi connectivity index (χ0) is 22.5. The molecule has 1 saturated heterocycles. The smallest absolute Gasteiger partial charge is 0.415 e. The van der Waals surface area contributed by atoms with Gasteiger partial charge in [-0.1, -0.05) is 17.7 Å². The van der Waals surface area contributed by atoms with Crippen molar-refractivity contribution >= 4 is 23.6 Å². The fourth-order valence-electron chi connectivity index (χ4n) is 3.47. The number of halogens is 1. The molecule has 3 rings (SSSR count). The number of carbonyl (C=O) groups is 2. The molecular formula is C22H27ClN4O4. The Labute approximate surface area is 186 Å². The van der Waals surface area contributed by atoms with Gasteiger partial charge in [-0.25, -0.2) is 4.79 Å². The lowest BCUT2D eigenvalue weighted by atomic mass is 10.1. The van der Waals surface area contributed by atoms with Crippen molar-refractivity contribution in [1.82, 2.24) is 14.8 Å². The van der Waals surface area contributed by atoms with E-state index in [1.807, 2.05) is 39.0 Å². The van der Waals surface area contributed by atoms with Crippen molar-refractivity contribution in [2.45, 2.75) is 39.5 Å². The number of hydrogen-bond donors (Lipinski definition) is 1. The second-order valence-corrected chi connectivity index (χ2v) is 8.26. The molecule has 1 aromatic heterocycles. The SMILES string of the molecule is CC(C)Oc1cc(CN2CCN(C(=O)Oc3cncc(C(N)=O)c3)C(C)C2)ccc1Cl. The lowest BCUT2D eigenvalue weighted by molar-refractivity contribution is 0.0750. The van der Waals surface area contributed by atoms with Crippen molar-refractivity contribution in [3.05, 3.63) is 52.8 Å². The first-order valence-electron chi connectivity index (χ1n) is 10.1. The van der Waals surface area contributed by atoms with E-state index >= 15 is 0 Å². The molecule has 1 aromatic carbocycles. The number of amides is 2. The first-order chi connectivity index (χ1) is 14.7. The minimum absolute atomic E-state index is 0.0428. The maximum absolute atomic E-state index is 12.6. The van der Waals surface area contributed by atoms with Gasteiger partial charge in [-0.2, -0.15) is 0 Å². The summed E-state index contributed by atoms with van der Waals surface area (Å²) in [5.41, 5.74) is 6.53. The third-order valence-electron chi connectivity index (χ3n) is 4.91. The highest BCUT2D eigenvalue weighted by atomic mass is 35.5. The largest absolute Gasteiger partial charge is 0.489 e. The topological polar surface area (TPSA) is 98.0 Å². The van der Waals surface area contributed by atoms with E-state index in [0.29, 0.717) is 30.4 Å². The molecule has 2 heterocycles. The molecule has 8 nitrogen and oxygen atoms in total. The molecule has 9 heteroatoms. The molecule has 0 spiro atoms. The molecule has 2 aromatic rings. The first-order valence-corrected chi connectivity index (χ1v) is 10.5. The van der Waals surface area contributed by atoms with Crippen LogP contribution in [0.4, 0.5) is 4.79 Å². The van der Waals surface area contributed by atoms with E-state index in [0.717, 1.165) is 12.1 Å². The average molecular weight is 447 g/mol. The van der Waals surface area contributed by atoms with Gasteiger partial charge in [0.15, 0.2) is 5.75 Å².